The van der Waals surface area contributed by atoms with Gasteiger partial charge in [0.25, 0.3) is 0 Å². The van der Waals surface area contributed by atoms with Gasteiger partial charge in [-0.05, 0) is 43.4 Å². The average molecular weight is 228 g/mol. The van der Waals surface area contributed by atoms with Gasteiger partial charge in [0.05, 0.1) is 12.6 Å². The summed E-state index contributed by atoms with van der Waals surface area (Å²) in [4.78, 5) is 4.73. The minimum absolute atomic E-state index is 0.833. The van der Waals surface area contributed by atoms with Gasteiger partial charge in [0.15, 0.2) is 0 Å². The first kappa shape index (κ1) is 10.4. The Morgan fingerprint density at radius 1 is 1.24 bits per heavy atom. The lowest BCUT2D eigenvalue weighted by atomic mass is 9.93. The number of aryl methyl sites for hydroxylation is 1. The standard InChI is InChI=1S/C14H16N2O/c1-17-9-6-7-11-13(8-9)16-12-5-3-2-4-10(12)14(11)15/h6-8H,2-5H2,1H3,(H2,15,16). The molecule has 3 nitrogen and oxygen atoms in total. The second-order valence-corrected chi connectivity index (χ2v) is 4.54. The zero-order chi connectivity index (χ0) is 11.8. The Morgan fingerprint density at radius 2 is 2.06 bits per heavy atom. The lowest BCUT2D eigenvalue weighted by molar-refractivity contribution is 0.415. The molecule has 0 bridgehead atoms. The molecule has 2 N–H and O–H groups in total. The normalized spacial score (nSPS) is 14.6. The topological polar surface area (TPSA) is 48.1 Å². The van der Waals surface area contributed by atoms with Crippen LogP contribution in [-0.4, -0.2) is 12.1 Å². The summed E-state index contributed by atoms with van der Waals surface area (Å²) >= 11 is 0. The molecule has 1 aliphatic rings. The van der Waals surface area contributed by atoms with Crippen LogP contribution < -0.4 is 10.5 Å². The first-order chi connectivity index (χ1) is 8.29. The van der Waals surface area contributed by atoms with Crippen molar-refractivity contribution in [2.24, 2.45) is 0 Å². The van der Waals surface area contributed by atoms with E-state index in [2.05, 4.69) is 0 Å². The lowest BCUT2D eigenvalue weighted by Crippen LogP contribution is -2.09. The molecular weight excluding hydrogens is 212 g/mol. The summed E-state index contributed by atoms with van der Waals surface area (Å²) in [5.74, 6) is 0.833. The first-order valence-electron chi connectivity index (χ1n) is 6.04. The number of rotatable bonds is 1. The van der Waals surface area contributed by atoms with Crippen LogP contribution in [0.15, 0.2) is 18.2 Å². The number of methoxy groups -OCH3 is 1. The van der Waals surface area contributed by atoms with Gasteiger partial charge in [0.1, 0.15) is 5.75 Å². The number of hydrogen-bond donors (Lipinski definition) is 1. The minimum atomic E-state index is 0.833. The van der Waals surface area contributed by atoms with E-state index in [9.17, 15) is 0 Å². The van der Waals surface area contributed by atoms with Crippen molar-refractivity contribution in [3.8, 4) is 5.75 Å². The van der Waals surface area contributed by atoms with Gasteiger partial charge in [-0.15, -0.1) is 0 Å². The van der Waals surface area contributed by atoms with Crippen LogP contribution in [0.4, 0.5) is 5.69 Å². The molecule has 17 heavy (non-hydrogen) atoms. The van der Waals surface area contributed by atoms with E-state index in [0.29, 0.717) is 0 Å². The molecule has 1 aliphatic carbocycles. The zero-order valence-electron chi connectivity index (χ0n) is 9.99. The van der Waals surface area contributed by atoms with E-state index < -0.39 is 0 Å². The summed E-state index contributed by atoms with van der Waals surface area (Å²) in [6, 6.07) is 5.90. The molecule has 1 aromatic carbocycles. The highest BCUT2D eigenvalue weighted by Gasteiger charge is 2.16. The SMILES string of the molecule is COc1ccc2c(N)c3c(nc2c1)CCCC3. The molecule has 0 radical (unpaired) electrons. The van der Waals surface area contributed by atoms with Gasteiger partial charge in [-0.2, -0.15) is 0 Å². The molecule has 0 amide bonds. The Bertz CT molecular complexity index is 578. The van der Waals surface area contributed by atoms with E-state index in [1.807, 2.05) is 18.2 Å². The molecule has 0 atom stereocenters. The van der Waals surface area contributed by atoms with E-state index in [-0.39, 0.29) is 0 Å². The summed E-state index contributed by atoms with van der Waals surface area (Å²) in [6.07, 6.45) is 4.55. The number of nitrogen functional groups attached to an aromatic ring is 1. The Kier molecular flexibility index (Phi) is 2.39. The number of benzene rings is 1. The Morgan fingerprint density at radius 3 is 2.88 bits per heavy atom. The maximum absolute atomic E-state index is 6.25. The van der Waals surface area contributed by atoms with Gasteiger partial charge < -0.3 is 10.5 Å². The predicted octanol–water partition coefficient (Wildman–Crippen LogP) is 2.70. The van der Waals surface area contributed by atoms with Crippen LogP contribution in [0.5, 0.6) is 5.75 Å². The monoisotopic (exact) mass is 228 g/mol. The van der Waals surface area contributed by atoms with Gasteiger partial charge >= 0.3 is 0 Å². The van der Waals surface area contributed by atoms with Gasteiger partial charge in [0.2, 0.25) is 0 Å². The number of nitrogens with two attached hydrogens (primary N) is 1. The Labute approximate surface area is 101 Å². The number of aromatic nitrogens is 1. The van der Waals surface area contributed by atoms with Gasteiger partial charge in [0, 0.05) is 22.8 Å². The van der Waals surface area contributed by atoms with Crippen molar-refractivity contribution in [3.05, 3.63) is 29.5 Å². The van der Waals surface area contributed by atoms with Crippen molar-refractivity contribution in [2.75, 3.05) is 12.8 Å². The van der Waals surface area contributed by atoms with E-state index in [4.69, 9.17) is 15.5 Å². The van der Waals surface area contributed by atoms with Crippen molar-refractivity contribution >= 4 is 16.6 Å². The number of anilines is 1. The predicted molar refractivity (Wildman–Crippen MR) is 69.3 cm³/mol. The molecule has 88 valence electrons. The lowest BCUT2D eigenvalue weighted by Gasteiger charge is -2.18. The van der Waals surface area contributed by atoms with E-state index in [1.165, 1.54) is 24.1 Å². The fourth-order valence-electron chi connectivity index (χ4n) is 2.57. The highest BCUT2D eigenvalue weighted by molar-refractivity contribution is 5.93. The molecule has 2 aromatic rings. The number of ether oxygens (including phenoxy) is 1. The highest BCUT2D eigenvalue weighted by atomic mass is 16.5. The molecular formula is C14H16N2O. The average Bonchev–Trinajstić information content (AvgIpc) is 2.38. The second kappa shape index (κ2) is 3.91. The molecule has 0 aliphatic heterocycles. The van der Waals surface area contributed by atoms with Crippen molar-refractivity contribution in [3.63, 3.8) is 0 Å². The van der Waals surface area contributed by atoms with Crippen molar-refractivity contribution in [1.29, 1.82) is 0 Å². The van der Waals surface area contributed by atoms with Gasteiger partial charge in [-0.25, -0.2) is 0 Å². The molecule has 3 rings (SSSR count). The summed E-state index contributed by atoms with van der Waals surface area (Å²) in [5, 5.41) is 1.05. The van der Waals surface area contributed by atoms with Crippen LogP contribution in [-0.2, 0) is 12.8 Å². The summed E-state index contributed by atoms with van der Waals surface area (Å²) < 4.78 is 5.23. The van der Waals surface area contributed by atoms with Crippen LogP contribution in [0.25, 0.3) is 10.9 Å². The van der Waals surface area contributed by atoms with Crippen molar-refractivity contribution in [1.82, 2.24) is 4.98 Å². The van der Waals surface area contributed by atoms with E-state index >= 15 is 0 Å². The summed E-state index contributed by atoms with van der Waals surface area (Å²) in [6.45, 7) is 0. The molecule has 0 unspecified atom stereocenters. The highest BCUT2D eigenvalue weighted by Crippen LogP contribution is 2.32. The number of pyridine rings is 1. The van der Waals surface area contributed by atoms with Crippen molar-refractivity contribution in [2.45, 2.75) is 25.7 Å². The number of nitrogens with zero attached hydrogens (tertiary/aromatic N) is 1. The van der Waals surface area contributed by atoms with Gasteiger partial charge in [-0.1, -0.05) is 0 Å². The van der Waals surface area contributed by atoms with E-state index in [0.717, 1.165) is 35.2 Å². The molecule has 3 heteroatoms. The van der Waals surface area contributed by atoms with E-state index in [1.54, 1.807) is 7.11 Å². The Balaban J connectivity index is 2.28. The zero-order valence-corrected chi connectivity index (χ0v) is 9.99. The molecule has 0 saturated carbocycles. The molecule has 0 saturated heterocycles. The summed E-state index contributed by atoms with van der Waals surface area (Å²) in [5.41, 5.74) is 10.5. The number of fused-ring (bicyclic) bond motifs is 2. The number of hydrogen-bond acceptors (Lipinski definition) is 3. The van der Waals surface area contributed by atoms with Crippen LogP contribution in [0.2, 0.25) is 0 Å². The fourth-order valence-corrected chi connectivity index (χ4v) is 2.57. The molecule has 0 spiro atoms. The summed E-state index contributed by atoms with van der Waals surface area (Å²) in [7, 11) is 1.67. The Hall–Kier alpha value is -1.77. The third kappa shape index (κ3) is 1.62. The first-order valence-corrected chi connectivity index (χ1v) is 6.04. The quantitative estimate of drug-likeness (QED) is 0.816. The van der Waals surface area contributed by atoms with Gasteiger partial charge in [-0.3, -0.25) is 4.98 Å². The van der Waals surface area contributed by atoms with Crippen LogP contribution in [0, 0.1) is 0 Å². The third-order valence-corrected chi connectivity index (χ3v) is 3.51. The van der Waals surface area contributed by atoms with Crippen LogP contribution in [0.1, 0.15) is 24.1 Å². The largest absolute Gasteiger partial charge is 0.497 e. The maximum Gasteiger partial charge on any atom is 0.121 e. The molecule has 1 heterocycles. The third-order valence-electron chi connectivity index (χ3n) is 3.51. The fraction of sp³-hybridized carbons (Fsp3) is 0.357. The maximum atomic E-state index is 6.25. The second-order valence-electron chi connectivity index (χ2n) is 4.54. The van der Waals surface area contributed by atoms with Crippen molar-refractivity contribution < 1.29 is 4.74 Å². The molecule has 0 fully saturated rings. The van der Waals surface area contributed by atoms with Crippen LogP contribution >= 0.6 is 0 Å². The minimum Gasteiger partial charge on any atom is -0.497 e. The molecule has 1 aromatic heterocycles. The smallest absolute Gasteiger partial charge is 0.121 e. The van der Waals surface area contributed by atoms with Crippen LogP contribution in [0.3, 0.4) is 0 Å².